The lowest BCUT2D eigenvalue weighted by molar-refractivity contribution is 0.0474. The normalized spacial score (nSPS) is 10.3. The van der Waals surface area contributed by atoms with Gasteiger partial charge in [0.25, 0.3) is 0 Å². The lowest BCUT2D eigenvalue weighted by atomic mass is 10.0. The third-order valence-corrected chi connectivity index (χ3v) is 3.92. The predicted octanol–water partition coefficient (Wildman–Crippen LogP) is 4.10. The molecule has 134 valence electrons. The summed E-state index contributed by atoms with van der Waals surface area (Å²) < 4.78 is 17.9. The van der Waals surface area contributed by atoms with E-state index >= 15 is 0 Å². The molecule has 0 radical (unpaired) electrons. The molecule has 0 fully saturated rings. The zero-order chi connectivity index (χ0) is 19.2. The van der Waals surface area contributed by atoms with E-state index in [9.17, 15) is 18.8 Å². The Hall–Kier alpha value is -3.60. The second kappa shape index (κ2) is 8.19. The number of esters is 1. The molecular weight excluding hydrogens is 347 g/mol. The van der Waals surface area contributed by atoms with Gasteiger partial charge in [0.2, 0.25) is 0 Å². The summed E-state index contributed by atoms with van der Waals surface area (Å²) >= 11 is 0. The van der Waals surface area contributed by atoms with E-state index < -0.39 is 24.2 Å². The highest BCUT2D eigenvalue weighted by molar-refractivity contribution is 6.09. The van der Waals surface area contributed by atoms with Crippen molar-refractivity contribution in [1.29, 1.82) is 0 Å². The standard InChI is InChI=1S/C22H15FO4/c23-19-12-10-15(11-13-19)20(24)14-27-22(26)18-8-6-17(7-9-18)21(25)16-4-2-1-3-5-16/h1-13H,14H2. The molecule has 27 heavy (non-hydrogen) atoms. The molecular formula is C22H15FO4. The molecule has 0 aliphatic heterocycles. The van der Waals surface area contributed by atoms with Crippen LogP contribution < -0.4 is 0 Å². The van der Waals surface area contributed by atoms with E-state index in [2.05, 4.69) is 0 Å². The molecule has 0 aliphatic rings. The minimum Gasteiger partial charge on any atom is -0.454 e. The zero-order valence-electron chi connectivity index (χ0n) is 14.2. The first-order valence-corrected chi connectivity index (χ1v) is 8.20. The molecule has 0 saturated carbocycles. The molecule has 0 spiro atoms. The van der Waals surface area contributed by atoms with Gasteiger partial charge in [0.05, 0.1) is 5.56 Å². The van der Waals surface area contributed by atoms with Crippen molar-refractivity contribution in [2.75, 3.05) is 6.61 Å². The monoisotopic (exact) mass is 362 g/mol. The quantitative estimate of drug-likeness (QED) is 0.489. The van der Waals surface area contributed by atoms with Crippen LogP contribution in [-0.2, 0) is 4.74 Å². The molecule has 0 heterocycles. The first-order chi connectivity index (χ1) is 13.0. The Kier molecular flexibility index (Phi) is 5.52. The lowest BCUT2D eigenvalue weighted by Gasteiger charge is -2.06. The number of hydrogen-bond acceptors (Lipinski definition) is 4. The highest BCUT2D eigenvalue weighted by Gasteiger charge is 2.14. The van der Waals surface area contributed by atoms with Crippen LogP contribution in [0.1, 0.15) is 36.6 Å². The van der Waals surface area contributed by atoms with Gasteiger partial charge < -0.3 is 4.74 Å². The van der Waals surface area contributed by atoms with Crippen LogP contribution in [0.15, 0.2) is 78.9 Å². The van der Waals surface area contributed by atoms with Crippen molar-refractivity contribution in [2.24, 2.45) is 0 Å². The topological polar surface area (TPSA) is 60.4 Å². The maximum absolute atomic E-state index is 12.9. The van der Waals surface area contributed by atoms with E-state index in [1.54, 1.807) is 24.3 Å². The molecule has 0 aliphatic carbocycles. The van der Waals surface area contributed by atoms with E-state index in [1.165, 1.54) is 36.4 Å². The average molecular weight is 362 g/mol. The molecule has 5 heteroatoms. The smallest absolute Gasteiger partial charge is 0.338 e. The van der Waals surface area contributed by atoms with E-state index in [4.69, 9.17) is 4.74 Å². The molecule has 3 aromatic carbocycles. The Bertz CT molecular complexity index is 961. The molecule has 4 nitrogen and oxygen atoms in total. The highest BCUT2D eigenvalue weighted by Crippen LogP contribution is 2.12. The third-order valence-electron chi connectivity index (χ3n) is 3.92. The minimum atomic E-state index is -0.677. The molecule has 0 aromatic heterocycles. The van der Waals surface area contributed by atoms with Crippen LogP contribution in [0.3, 0.4) is 0 Å². The van der Waals surface area contributed by atoms with Crippen molar-refractivity contribution < 1.29 is 23.5 Å². The number of rotatable bonds is 6. The Labute approximate surface area is 155 Å². The van der Waals surface area contributed by atoms with E-state index in [0.717, 1.165) is 12.1 Å². The molecule has 0 atom stereocenters. The second-order valence-corrected chi connectivity index (χ2v) is 5.78. The minimum absolute atomic E-state index is 0.151. The Morgan fingerprint density at radius 3 is 1.81 bits per heavy atom. The lowest BCUT2D eigenvalue weighted by Crippen LogP contribution is -2.14. The summed E-state index contributed by atoms with van der Waals surface area (Å²) in [5, 5.41) is 0. The summed E-state index contributed by atoms with van der Waals surface area (Å²) in [6, 6.07) is 19.8. The highest BCUT2D eigenvalue weighted by atomic mass is 19.1. The fraction of sp³-hybridized carbons (Fsp3) is 0.0455. The molecule has 0 unspecified atom stereocenters. The summed E-state index contributed by atoms with van der Waals surface area (Å²) in [5.74, 6) is -1.71. The first kappa shape index (κ1) is 18.2. The predicted molar refractivity (Wildman–Crippen MR) is 97.3 cm³/mol. The van der Waals surface area contributed by atoms with Crippen LogP contribution in [0.4, 0.5) is 4.39 Å². The Morgan fingerprint density at radius 2 is 1.19 bits per heavy atom. The fourth-order valence-electron chi connectivity index (χ4n) is 2.45. The van der Waals surface area contributed by atoms with Crippen molar-refractivity contribution in [3.8, 4) is 0 Å². The van der Waals surface area contributed by atoms with Gasteiger partial charge in [-0.25, -0.2) is 9.18 Å². The van der Waals surface area contributed by atoms with Crippen LogP contribution in [0, 0.1) is 5.82 Å². The van der Waals surface area contributed by atoms with Crippen molar-refractivity contribution in [3.05, 3.63) is 107 Å². The van der Waals surface area contributed by atoms with Gasteiger partial charge in [0.1, 0.15) is 5.82 Å². The average Bonchev–Trinajstić information content (AvgIpc) is 2.72. The summed E-state index contributed by atoms with van der Waals surface area (Å²) in [7, 11) is 0. The van der Waals surface area contributed by atoms with E-state index in [1.807, 2.05) is 6.07 Å². The number of carbonyl (C=O) groups is 3. The van der Waals surface area contributed by atoms with Gasteiger partial charge in [0.15, 0.2) is 18.2 Å². The number of carbonyl (C=O) groups excluding carboxylic acids is 3. The third kappa shape index (κ3) is 4.52. The van der Waals surface area contributed by atoms with Crippen molar-refractivity contribution in [2.45, 2.75) is 0 Å². The SMILES string of the molecule is O=C(COC(=O)c1ccc(C(=O)c2ccccc2)cc1)c1ccc(F)cc1. The number of halogens is 1. The van der Waals surface area contributed by atoms with Gasteiger partial charge in [0, 0.05) is 16.7 Å². The second-order valence-electron chi connectivity index (χ2n) is 5.78. The van der Waals surface area contributed by atoms with Crippen LogP contribution in [0.2, 0.25) is 0 Å². The number of benzene rings is 3. The summed E-state index contributed by atoms with van der Waals surface area (Å²) in [5.41, 5.74) is 1.48. The maximum atomic E-state index is 12.9. The molecule has 0 saturated heterocycles. The molecule has 0 N–H and O–H groups in total. The number of ether oxygens (including phenoxy) is 1. The van der Waals surface area contributed by atoms with Gasteiger partial charge >= 0.3 is 5.97 Å². The Balaban J connectivity index is 1.61. The van der Waals surface area contributed by atoms with Crippen molar-refractivity contribution >= 4 is 17.5 Å². The van der Waals surface area contributed by atoms with E-state index in [0.29, 0.717) is 11.1 Å². The van der Waals surface area contributed by atoms with Crippen LogP contribution in [-0.4, -0.2) is 24.1 Å². The number of ketones is 2. The largest absolute Gasteiger partial charge is 0.454 e. The van der Waals surface area contributed by atoms with Gasteiger partial charge in [-0.1, -0.05) is 42.5 Å². The van der Waals surface area contributed by atoms with Gasteiger partial charge in [-0.3, -0.25) is 9.59 Å². The van der Waals surface area contributed by atoms with Crippen LogP contribution in [0.5, 0.6) is 0 Å². The van der Waals surface area contributed by atoms with Gasteiger partial charge in [-0.2, -0.15) is 0 Å². The summed E-state index contributed by atoms with van der Waals surface area (Å²) in [6.07, 6.45) is 0. The molecule has 3 aromatic rings. The first-order valence-electron chi connectivity index (χ1n) is 8.20. The summed E-state index contributed by atoms with van der Waals surface area (Å²) in [6.45, 7) is -0.449. The molecule has 0 amide bonds. The Morgan fingerprint density at radius 1 is 0.667 bits per heavy atom. The van der Waals surface area contributed by atoms with Gasteiger partial charge in [-0.05, 0) is 36.4 Å². The maximum Gasteiger partial charge on any atom is 0.338 e. The zero-order valence-corrected chi connectivity index (χ0v) is 14.2. The van der Waals surface area contributed by atoms with Gasteiger partial charge in [-0.15, -0.1) is 0 Å². The van der Waals surface area contributed by atoms with E-state index in [-0.39, 0.29) is 16.9 Å². The number of hydrogen-bond donors (Lipinski definition) is 0. The van der Waals surface area contributed by atoms with Crippen molar-refractivity contribution in [1.82, 2.24) is 0 Å². The number of Topliss-reactive ketones (excluding diaryl/α,β-unsaturated/α-hetero) is 1. The van der Waals surface area contributed by atoms with Crippen LogP contribution in [0.25, 0.3) is 0 Å². The fourth-order valence-corrected chi connectivity index (χ4v) is 2.45. The van der Waals surface area contributed by atoms with Crippen LogP contribution >= 0.6 is 0 Å². The molecule has 3 rings (SSSR count). The van der Waals surface area contributed by atoms with Crippen molar-refractivity contribution in [3.63, 3.8) is 0 Å². The summed E-state index contributed by atoms with van der Waals surface area (Å²) in [4.78, 5) is 36.3. The molecule has 0 bridgehead atoms.